The summed E-state index contributed by atoms with van der Waals surface area (Å²) >= 11 is 0. The van der Waals surface area contributed by atoms with Gasteiger partial charge < -0.3 is 35.6 Å². The molecule has 11 heteroatoms. The third kappa shape index (κ3) is 7.77. The van der Waals surface area contributed by atoms with E-state index in [0.717, 1.165) is 32.1 Å². The standard InChI is InChI=1S/C25H44N4O7/c1-16(2)19(20(30)22(32)27-18-8-4-7-13-26-21(18)31)28-23(33)25(11-5-3-6-12-25)29-24(34)36-17-9-14-35-15-10-17/h16-21,26,30-31H,3-15H2,1-2H3,(H,27,32)(H,28,33)(H,29,34)/t18-,19-,20+,21?/m0/s1. The Balaban J connectivity index is 1.65. The maximum Gasteiger partial charge on any atom is 0.408 e. The minimum atomic E-state index is -1.51. The molecule has 6 N–H and O–H groups in total. The lowest BCUT2D eigenvalue weighted by Crippen LogP contribution is -2.64. The van der Waals surface area contributed by atoms with Crippen LogP contribution in [0.15, 0.2) is 0 Å². The van der Waals surface area contributed by atoms with E-state index in [2.05, 4.69) is 21.3 Å². The summed E-state index contributed by atoms with van der Waals surface area (Å²) in [5.74, 6) is -1.33. The van der Waals surface area contributed by atoms with Crippen molar-refractivity contribution in [3.63, 3.8) is 0 Å². The van der Waals surface area contributed by atoms with Crippen LogP contribution in [0, 0.1) is 5.92 Å². The van der Waals surface area contributed by atoms with Crippen LogP contribution in [-0.4, -0.2) is 83.9 Å². The molecule has 0 aromatic heterocycles. The highest BCUT2D eigenvalue weighted by Crippen LogP contribution is 2.29. The van der Waals surface area contributed by atoms with Crippen molar-refractivity contribution in [1.29, 1.82) is 0 Å². The molecule has 0 aromatic carbocycles. The monoisotopic (exact) mass is 512 g/mol. The summed E-state index contributed by atoms with van der Waals surface area (Å²) in [6, 6.07) is -1.40. The van der Waals surface area contributed by atoms with E-state index < -0.39 is 47.9 Å². The molecule has 1 saturated carbocycles. The molecule has 3 fully saturated rings. The van der Waals surface area contributed by atoms with E-state index in [1.54, 1.807) is 0 Å². The lowest BCUT2D eigenvalue weighted by molar-refractivity contribution is -0.137. The first-order valence-corrected chi connectivity index (χ1v) is 13.5. The van der Waals surface area contributed by atoms with Crippen molar-refractivity contribution in [3.8, 4) is 0 Å². The SMILES string of the molecule is CC(C)[C@H](NC(=O)C1(NC(=O)OC2CCOCC2)CCCCC1)[C@@H](O)C(=O)N[C@H]1CCCCNC1O. The summed E-state index contributed by atoms with van der Waals surface area (Å²) in [5, 5.41) is 32.5. The Morgan fingerprint density at radius 3 is 2.39 bits per heavy atom. The molecule has 36 heavy (non-hydrogen) atoms. The van der Waals surface area contributed by atoms with Crippen LogP contribution in [0.4, 0.5) is 4.79 Å². The molecule has 0 aromatic rings. The van der Waals surface area contributed by atoms with Crippen LogP contribution in [0.25, 0.3) is 0 Å². The van der Waals surface area contributed by atoms with Crippen molar-refractivity contribution in [2.24, 2.45) is 5.92 Å². The Bertz CT molecular complexity index is 738. The van der Waals surface area contributed by atoms with Crippen LogP contribution in [0.3, 0.4) is 0 Å². The number of rotatable bonds is 8. The van der Waals surface area contributed by atoms with Crippen molar-refractivity contribution in [3.05, 3.63) is 0 Å². The first-order valence-electron chi connectivity index (χ1n) is 13.5. The lowest BCUT2D eigenvalue weighted by atomic mass is 9.80. The highest BCUT2D eigenvalue weighted by Gasteiger charge is 2.44. The van der Waals surface area contributed by atoms with Gasteiger partial charge in [-0.1, -0.05) is 33.1 Å². The van der Waals surface area contributed by atoms with Crippen LogP contribution in [0.1, 0.15) is 78.1 Å². The second-order valence-corrected chi connectivity index (χ2v) is 10.7. The van der Waals surface area contributed by atoms with Gasteiger partial charge in [-0.2, -0.15) is 0 Å². The van der Waals surface area contributed by atoms with Gasteiger partial charge >= 0.3 is 6.09 Å². The number of aliphatic hydroxyl groups excluding tert-OH is 2. The number of carbonyl (C=O) groups is 3. The molecule has 3 aliphatic rings. The molecule has 2 heterocycles. The Morgan fingerprint density at radius 2 is 1.72 bits per heavy atom. The molecule has 0 bridgehead atoms. The predicted molar refractivity (Wildman–Crippen MR) is 132 cm³/mol. The van der Waals surface area contributed by atoms with Crippen LogP contribution in [0.5, 0.6) is 0 Å². The second-order valence-electron chi connectivity index (χ2n) is 10.7. The summed E-state index contributed by atoms with van der Waals surface area (Å²) in [6.45, 7) is 5.35. The van der Waals surface area contributed by atoms with Gasteiger partial charge in [0.1, 0.15) is 17.9 Å². The zero-order valence-corrected chi connectivity index (χ0v) is 21.6. The first-order chi connectivity index (χ1) is 17.2. The summed E-state index contributed by atoms with van der Waals surface area (Å²) < 4.78 is 10.9. The summed E-state index contributed by atoms with van der Waals surface area (Å²) in [4.78, 5) is 39.2. The van der Waals surface area contributed by atoms with Gasteiger partial charge in [0.2, 0.25) is 5.91 Å². The first kappa shape index (κ1) is 28.6. The molecule has 4 atom stereocenters. The highest BCUT2D eigenvalue weighted by atomic mass is 16.6. The lowest BCUT2D eigenvalue weighted by Gasteiger charge is -2.39. The Morgan fingerprint density at radius 1 is 1.03 bits per heavy atom. The van der Waals surface area contributed by atoms with Gasteiger partial charge in [-0.05, 0) is 44.6 Å². The van der Waals surface area contributed by atoms with Gasteiger partial charge in [-0.3, -0.25) is 14.9 Å². The maximum atomic E-state index is 13.6. The molecular formula is C25H44N4O7. The number of carbonyl (C=O) groups excluding carboxylic acids is 3. The summed E-state index contributed by atoms with van der Waals surface area (Å²) in [6.07, 6.45) is 3.68. The topological polar surface area (TPSA) is 158 Å². The molecule has 206 valence electrons. The van der Waals surface area contributed by atoms with Crippen LogP contribution >= 0.6 is 0 Å². The second kappa shape index (κ2) is 13.6. The normalized spacial score (nSPS) is 26.8. The molecule has 11 nitrogen and oxygen atoms in total. The van der Waals surface area contributed by atoms with E-state index in [-0.39, 0.29) is 12.0 Å². The van der Waals surface area contributed by atoms with E-state index in [4.69, 9.17) is 9.47 Å². The van der Waals surface area contributed by atoms with Crippen molar-refractivity contribution < 1.29 is 34.1 Å². The largest absolute Gasteiger partial charge is 0.446 e. The average Bonchev–Trinajstić information content (AvgIpc) is 3.06. The molecular weight excluding hydrogens is 468 g/mol. The van der Waals surface area contributed by atoms with Crippen molar-refractivity contribution >= 4 is 17.9 Å². The molecule has 0 radical (unpaired) electrons. The van der Waals surface area contributed by atoms with Gasteiger partial charge in [0.15, 0.2) is 6.10 Å². The quantitative estimate of drug-likeness (QED) is 0.277. The number of alkyl carbamates (subject to hydrolysis) is 1. The average molecular weight is 513 g/mol. The van der Waals surface area contributed by atoms with Crippen LogP contribution in [0.2, 0.25) is 0 Å². The maximum absolute atomic E-state index is 13.6. The number of aliphatic hydroxyl groups is 2. The van der Waals surface area contributed by atoms with E-state index in [0.29, 0.717) is 51.9 Å². The molecule has 2 saturated heterocycles. The summed E-state index contributed by atoms with van der Waals surface area (Å²) in [7, 11) is 0. The fraction of sp³-hybridized carbons (Fsp3) is 0.880. The molecule has 3 rings (SSSR count). The third-order valence-corrected chi connectivity index (χ3v) is 7.55. The number of amides is 3. The third-order valence-electron chi connectivity index (χ3n) is 7.55. The Labute approximate surface area is 213 Å². The van der Waals surface area contributed by atoms with Crippen LogP contribution in [-0.2, 0) is 19.1 Å². The Hall–Kier alpha value is -1.95. The highest BCUT2D eigenvalue weighted by molar-refractivity contribution is 5.91. The number of hydrogen-bond donors (Lipinski definition) is 6. The molecule has 3 amide bonds. The van der Waals surface area contributed by atoms with Gasteiger partial charge in [0.25, 0.3) is 5.91 Å². The van der Waals surface area contributed by atoms with Gasteiger partial charge in [-0.15, -0.1) is 0 Å². The van der Waals surface area contributed by atoms with Gasteiger partial charge in [0.05, 0.1) is 25.3 Å². The number of hydrogen-bond acceptors (Lipinski definition) is 8. The smallest absolute Gasteiger partial charge is 0.408 e. The van der Waals surface area contributed by atoms with E-state index in [9.17, 15) is 24.6 Å². The fourth-order valence-corrected chi connectivity index (χ4v) is 5.26. The minimum absolute atomic E-state index is 0.245. The van der Waals surface area contributed by atoms with Gasteiger partial charge in [-0.25, -0.2) is 4.79 Å². The molecule has 0 spiro atoms. The molecule has 1 aliphatic carbocycles. The van der Waals surface area contributed by atoms with Crippen molar-refractivity contribution in [1.82, 2.24) is 21.3 Å². The zero-order chi connectivity index (χ0) is 26.1. The Kier molecular flexibility index (Phi) is 10.8. The summed E-state index contributed by atoms with van der Waals surface area (Å²) in [5.41, 5.74) is -1.16. The number of nitrogens with one attached hydrogen (secondary N) is 4. The van der Waals surface area contributed by atoms with Crippen molar-refractivity contribution in [2.75, 3.05) is 19.8 Å². The van der Waals surface area contributed by atoms with E-state index in [1.807, 2.05) is 13.8 Å². The van der Waals surface area contributed by atoms with Crippen molar-refractivity contribution in [2.45, 2.75) is 114 Å². The molecule has 1 unspecified atom stereocenters. The van der Waals surface area contributed by atoms with E-state index >= 15 is 0 Å². The number of ether oxygens (including phenoxy) is 2. The van der Waals surface area contributed by atoms with Crippen LogP contribution < -0.4 is 21.3 Å². The minimum Gasteiger partial charge on any atom is -0.446 e. The molecule has 2 aliphatic heterocycles. The van der Waals surface area contributed by atoms with E-state index in [1.165, 1.54) is 0 Å². The fourth-order valence-electron chi connectivity index (χ4n) is 5.26. The van der Waals surface area contributed by atoms with Gasteiger partial charge in [0, 0.05) is 12.8 Å². The predicted octanol–water partition coefficient (Wildman–Crippen LogP) is 0.673. The zero-order valence-electron chi connectivity index (χ0n) is 21.6.